The van der Waals surface area contributed by atoms with E-state index in [-0.39, 0.29) is 24.8 Å². The van der Waals surface area contributed by atoms with E-state index in [9.17, 15) is 9.59 Å². The third kappa shape index (κ3) is 15.1. The average Bonchev–Trinajstić information content (AvgIpc) is 2.52. The zero-order valence-corrected chi connectivity index (χ0v) is 14.3. The molecule has 0 heterocycles. The molecule has 0 aliphatic heterocycles. The fourth-order valence-corrected chi connectivity index (χ4v) is 2.13. The van der Waals surface area contributed by atoms with Gasteiger partial charge in [-0.3, -0.25) is 9.59 Å². The van der Waals surface area contributed by atoms with Crippen LogP contribution in [-0.4, -0.2) is 19.0 Å². The van der Waals surface area contributed by atoms with Crippen molar-refractivity contribution in [1.82, 2.24) is 0 Å². The fourth-order valence-electron chi connectivity index (χ4n) is 2.13. The first-order chi connectivity index (χ1) is 10.7. The van der Waals surface area contributed by atoms with E-state index in [1.54, 1.807) is 0 Å². The summed E-state index contributed by atoms with van der Waals surface area (Å²) >= 11 is 0. The minimum atomic E-state index is -0.295. The van der Waals surface area contributed by atoms with Gasteiger partial charge >= 0.3 is 11.9 Å². The molecule has 0 aromatic rings. The Bertz CT molecular complexity index is 310. The number of ether oxygens (including phenoxy) is 2. The standard InChI is InChI=1S/C18H32O4/c1-3-4-5-6-7-8-9-10-11-12-16-22-18(20)15-13-14-17(19)21-2/h12,16H,3-11,13-15H2,1-2H3/b16-12+. The van der Waals surface area contributed by atoms with Crippen molar-refractivity contribution >= 4 is 11.9 Å². The highest BCUT2D eigenvalue weighted by Crippen LogP contribution is 2.09. The van der Waals surface area contributed by atoms with Gasteiger partial charge in [0.05, 0.1) is 13.4 Å². The lowest BCUT2D eigenvalue weighted by Gasteiger charge is -2.00. The van der Waals surface area contributed by atoms with Gasteiger partial charge in [0.1, 0.15) is 0 Å². The van der Waals surface area contributed by atoms with Crippen LogP contribution >= 0.6 is 0 Å². The molecular formula is C18H32O4. The van der Waals surface area contributed by atoms with E-state index in [4.69, 9.17) is 4.74 Å². The van der Waals surface area contributed by atoms with Crippen LogP contribution in [0.1, 0.15) is 84.0 Å². The molecule has 4 nitrogen and oxygen atoms in total. The maximum atomic E-state index is 11.3. The largest absolute Gasteiger partial charge is 0.469 e. The van der Waals surface area contributed by atoms with Gasteiger partial charge in [0, 0.05) is 12.8 Å². The maximum Gasteiger partial charge on any atom is 0.310 e. The Labute approximate surface area is 135 Å². The van der Waals surface area contributed by atoms with Gasteiger partial charge < -0.3 is 9.47 Å². The van der Waals surface area contributed by atoms with Gasteiger partial charge in [0.15, 0.2) is 0 Å². The summed E-state index contributed by atoms with van der Waals surface area (Å²) in [5.74, 6) is -0.589. The molecule has 0 unspecified atom stereocenters. The zero-order chi connectivity index (χ0) is 16.5. The first-order valence-electron chi connectivity index (χ1n) is 8.62. The van der Waals surface area contributed by atoms with E-state index in [0.29, 0.717) is 6.42 Å². The Morgan fingerprint density at radius 2 is 1.41 bits per heavy atom. The highest BCUT2D eigenvalue weighted by Gasteiger charge is 2.04. The van der Waals surface area contributed by atoms with E-state index in [1.165, 1.54) is 58.3 Å². The number of hydrogen-bond acceptors (Lipinski definition) is 4. The van der Waals surface area contributed by atoms with Crippen molar-refractivity contribution in [1.29, 1.82) is 0 Å². The highest BCUT2D eigenvalue weighted by atomic mass is 16.5. The quantitative estimate of drug-likeness (QED) is 0.259. The first kappa shape index (κ1) is 20.7. The second-order valence-corrected chi connectivity index (χ2v) is 5.55. The van der Waals surface area contributed by atoms with Crippen LogP contribution in [0.2, 0.25) is 0 Å². The average molecular weight is 312 g/mol. The normalized spacial score (nSPS) is 10.8. The smallest absolute Gasteiger partial charge is 0.310 e. The first-order valence-corrected chi connectivity index (χ1v) is 8.62. The van der Waals surface area contributed by atoms with E-state index >= 15 is 0 Å². The summed E-state index contributed by atoms with van der Waals surface area (Å²) in [6, 6.07) is 0. The van der Waals surface area contributed by atoms with E-state index < -0.39 is 0 Å². The number of allylic oxidation sites excluding steroid dienone is 1. The number of carbonyl (C=O) groups is 2. The second kappa shape index (κ2) is 16.1. The lowest BCUT2D eigenvalue weighted by atomic mass is 10.1. The second-order valence-electron chi connectivity index (χ2n) is 5.55. The van der Waals surface area contributed by atoms with E-state index in [2.05, 4.69) is 11.7 Å². The van der Waals surface area contributed by atoms with Crippen molar-refractivity contribution < 1.29 is 19.1 Å². The third-order valence-corrected chi connectivity index (χ3v) is 3.51. The van der Waals surface area contributed by atoms with E-state index in [1.807, 2.05) is 6.08 Å². The Kier molecular flexibility index (Phi) is 15.1. The predicted molar refractivity (Wildman–Crippen MR) is 88.3 cm³/mol. The number of rotatable bonds is 14. The lowest BCUT2D eigenvalue weighted by molar-refractivity contribution is -0.141. The van der Waals surface area contributed by atoms with Crippen LogP contribution in [0.25, 0.3) is 0 Å². The molecule has 0 atom stereocenters. The monoisotopic (exact) mass is 312 g/mol. The lowest BCUT2D eigenvalue weighted by Crippen LogP contribution is -2.04. The summed E-state index contributed by atoms with van der Waals surface area (Å²) < 4.78 is 9.46. The Hall–Kier alpha value is -1.32. The summed E-state index contributed by atoms with van der Waals surface area (Å²) in [6.45, 7) is 2.23. The topological polar surface area (TPSA) is 52.6 Å². The van der Waals surface area contributed by atoms with Crippen molar-refractivity contribution in [2.45, 2.75) is 84.0 Å². The number of esters is 2. The molecule has 0 spiro atoms. The van der Waals surface area contributed by atoms with Crippen LogP contribution in [0.15, 0.2) is 12.3 Å². The predicted octanol–water partition coefficient (Wildman–Crippen LogP) is 4.92. The highest BCUT2D eigenvalue weighted by molar-refractivity contribution is 5.72. The Morgan fingerprint density at radius 3 is 2.05 bits per heavy atom. The van der Waals surface area contributed by atoms with Crippen molar-refractivity contribution in [2.24, 2.45) is 0 Å². The van der Waals surface area contributed by atoms with Crippen molar-refractivity contribution in [2.75, 3.05) is 7.11 Å². The SMILES string of the molecule is CCCCCCCCCC/C=C/OC(=O)CCCC(=O)OC. The summed E-state index contributed by atoms with van der Waals surface area (Å²) in [5.41, 5.74) is 0. The molecule has 0 bridgehead atoms. The van der Waals surface area contributed by atoms with E-state index in [0.717, 1.165) is 12.8 Å². The molecule has 0 aliphatic carbocycles. The molecule has 0 fully saturated rings. The molecular weight excluding hydrogens is 280 g/mol. The molecule has 0 saturated carbocycles. The summed E-state index contributed by atoms with van der Waals surface area (Å²) in [6.07, 6.45) is 15.7. The van der Waals surface area contributed by atoms with Crippen LogP contribution in [0.5, 0.6) is 0 Å². The summed E-state index contributed by atoms with van der Waals surface area (Å²) in [4.78, 5) is 22.2. The molecule has 0 aromatic heterocycles. The number of unbranched alkanes of at least 4 members (excludes halogenated alkanes) is 8. The zero-order valence-electron chi connectivity index (χ0n) is 14.3. The minimum Gasteiger partial charge on any atom is -0.469 e. The van der Waals surface area contributed by atoms with Gasteiger partial charge in [0.2, 0.25) is 0 Å². The van der Waals surface area contributed by atoms with Gasteiger partial charge in [0.25, 0.3) is 0 Å². The molecule has 0 rings (SSSR count). The molecule has 0 radical (unpaired) electrons. The van der Waals surface area contributed by atoms with Crippen LogP contribution in [0.3, 0.4) is 0 Å². The van der Waals surface area contributed by atoms with Crippen molar-refractivity contribution in [3.8, 4) is 0 Å². The fraction of sp³-hybridized carbons (Fsp3) is 0.778. The molecule has 128 valence electrons. The maximum absolute atomic E-state index is 11.3. The summed E-state index contributed by atoms with van der Waals surface area (Å²) in [7, 11) is 1.34. The van der Waals surface area contributed by atoms with Crippen LogP contribution < -0.4 is 0 Å². The van der Waals surface area contributed by atoms with Crippen molar-refractivity contribution in [3.05, 3.63) is 12.3 Å². The molecule has 0 saturated heterocycles. The Balaban J connectivity index is 3.32. The van der Waals surface area contributed by atoms with Crippen LogP contribution in [0, 0.1) is 0 Å². The molecule has 0 aliphatic rings. The molecule has 22 heavy (non-hydrogen) atoms. The van der Waals surface area contributed by atoms with Gasteiger partial charge in [-0.25, -0.2) is 0 Å². The van der Waals surface area contributed by atoms with Crippen molar-refractivity contribution in [3.63, 3.8) is 0 Å². The van der Waals surface area contributed by atoms with Crippen LogP contribution in [0.4, 0.5) is 0 Å². The van der Waals surface area contributed by atoms with Gasteiger partial charge in [-0.15, -0.1) is 0 Å². The molecule has 0 N–H and O–H groups in total. The Morgan fingerprint density at radius 1 is 0.818 bits per heavy atom. The summed E-state index contributed by atoms with van der Waals surface area (Å²) in [5, 5.41) is 0. The molecule has 4 heteroatoms. The van der Waals surface area contributed by atoms with Gasteiger partial charge in [-0.1, -0.05) is 51.9 Å². The number of methoxy groups -OCH3 is 1. The molecule has 0 aromatic carbocycles. The van der Waals surface area contributed by atoms with Gasteiger partial charge in [-0.2, -0.15) is 0 Å². The minimum absolute atomic E-state index is 0.247. The molecule has 0 amide bonds. The van der Waals surface area contributed by atoms with Gasteiger partial charge in [-0.05, 0) is 25.3 Å². The third-order valence-electron chi connectivity index (χ3n) is 3.51. The number of carbonyl (C=O) groups excluding carboxylic acids is 2. The number of hydrogen-bond donors (Lipinski definition) is 0. The van der Waals surface area contributed by atoms with Crippen LogP contribution in [-0.2, 0) is 19.1 Å².